The van der Waals surface area contributed by atoms with Crippen molar-refractivity contribution in [1.82, 2.24) is 0 Å². The molecule has 2 aromatic rings. The van der Waals surface area contributed by atoms with Gasteiger partial charge >= 0.3 is 10.0 Å². The van der Waals surface area contributed by atoms with E-state index >= 15 is 0 Å². The van der Waals surface area contributed by atoms with Crippen LogP contribution in [-0.2, 0) is 8.85 Å². The summed E-state index contributed by atoms with van der Waals surface area (Å²) in [4.78, 5) is 0. The first kappa shape index (κ1) is 19.6. The maximum absolute atomic E-state index is 5.23. The van der Waals surface area contributed by atoms with Crippen molar-refractivity contribution in [2.45, 2.75) is 39.5 Å². The number of rotatable bonds is 9. The van der Waals surface area contributed by atoms with Crippen molar-refractivity contribution in [3.05, 3.63) is 60.7 Å². The quantitative estimate of drug-likeness (QED) is 0.446. The standard InChI is InChI=1S/C12H10.C8H18O2Si/c1-3-7-11(8-4-1)12-9-5-2-6-10-12;1-3-5-7-9-11-10-8-6-4-2/h1-10H;3-8H2,1-2H3. The lowest BCUT2D eigenvalue weighted by Crippen LogP contribution is -2.06. The molecule has 0 atom stereocenters. The molecule has 0 unspecified atom stereocenters. The van der Waals surface area contributed by atoms with Crippen molar-refractivity contribution in [3.63, 3.8) is 0 Å². The van der Waals surface area contributed by atoms with Crippen LogP contribution in [0.2, 0.25) is 0 Å². The van der Waals surface area contributed by atoms with Crippen LogP contribution in [0, 0.1) is 0 Å². The molecule has 0 saturated heterocycles. The van der Waals surface area contributed by atoms with E-state index in [0.29, 0.717) is 0 Å². The molecular weight excluding hydrogens is 300 g/mol. The summed E-state index contributed by atoms with van der Waals surface area (Å²) in [6.07, 6.45) is 4.67. The Morgan fingerprint density at radius 3 is 1.39 bits per heavy atom. The number of benzene rings is 2. The summed E-state index contributed by atoms with van der Waals surface area (Å²) in [5.74, 6) is 0. The average Bonchev–Trinajstić information content (AvgIpc) is 2.63. The molecule has 0 spiro atoms. The molecule has 0 amide bonds. The van der Waals surface area contributed by atoms with Gasteiger partial charge in [0.2, 0.25) is 0 Å². The van der Waals surface area contributed by atoms with E-state index in [1.54, 1.807) is 0 Å². The van der Waals surface area contributed by atoms with Gasteiger partial charge in [0.25, 0.3) is 0 Å². The van der Waals surface area contributed by atoms with E-state index in [2.05, 4.69) is 62.4 Å². The van der Waals surface area contributed by atoms with Crippen LogP contribution in [0.3, 0.4) is 0 Å². The molecular formula is C20H28O2Si. The molecule has 0 saturated carbocycles. The molecule has 2 radical (unpaired) electrons. The minimum Gasteiger partial charge on any atom is -0.393 e. The maximum atomic E-state index is 5.23. The highest BCUT2D eigenvalue weighted by Crippen LogP contribution is 2.17. The van der Waals surface area contributed by atoms with Gasteiger partial charge < -0.3 is 8.85 Å². The smallest absolute Gasteiger partial charge is 0.393 e. The lowest BCUT2D eigenvalue weighted by molar-refractivity contribution is 0.216. The Morgan fingerprint density at radius 1 is 0.652 bits per heavy atom. The predicted molar refractivity (Wildman–Crippen MR) is 99.4 cm³/mol. The van der Waals surface area contributed by atoms with Crippen LogP contribution in [0.5, 0.6) is 0 Å². The zero-order valence-corrected chi connectivity index (χ0v) is 15.3. The molecule has 0 bridgehead atoms. The van der Waals surface area contributed by atoms with Gasteiger partial charge in [-0.15, -0.1) is 0 Å². The normalized spacial score (nSPS) is 10.0. The van der Waals surface area contributed by atoms with E-state index in [1.807, 2.05) is 12.1 Å². The van der Waals surface area contributed by atoms with Crippen LogP contribution in [0.4, 0.5) is 0 Å². The first-order valence-electron chi connectivity index (χ1n) is 8.47. The SMILES string of the molecule is CCCCO[Si]OCCCC.c1ccc(-c2ccccc2)cc1. The first-order valence-corrected chi connectivity index (χ1v) is 9.29. The highest BCUT2D eigenvalue weighted by molar-refractivity contribution is 6.17. The second-order valence-corrected chi connectivity index (χ2v) is 5.96. The number of hydrogen-bond acceptors (Lipinski definition) is 2. The Morgan fingerprint density at radius 2 is 1.04 bits per heavy atom. The fourth-order valence-electron chi connectivity index (χ4n) is 1.82. The topological polar surface area (TPSA) is 18.5 Å². The molecule has 2 rings (SSSR count). The average molecular weight is 329 g/mol. The zero-order chi connectivity index (χ0) is 16.6. The Balaban J connectivity index is 0.000000232. The molecule has 0 aliphatic carbocycles. The Labute approximate surface area is 143 Å². The molecule has 0 aliphatic heterocycles. The molecule has 2 aromatic carbocycles. The van der Waals surface area contributed by atoms with Crippen molar-refractivity contribution in [2.24, 2.45) is 0 Å². The third-order valence-electron chi connectivity index (χ3n) is 3.20. The van der Waals surface area contributed by atoms with Crippen molar-refractivity contribution in [2.75, 3.05) is 13.2 Å². The van der Waals surface area contributed by atoms with Crippen molar-refractivity contribution >= 4 is 10.0 Å². The van der Waals surface area contributed by atoms with Crippen molar-refractivity contribution < 1.29 is 8.85 Å². The van der Waals surface area contributed by atoms with Crippen LogP contribution >= 0.6 is 0 Å². The summed E-state index contributed by atoms with van der Waals surface area (Å²) in [5, 5.41) is 0. The third-order valence-corrected chi connectivity index (χ3v) is 3.84. The minimum absolute atomic E-state index is 0.252. The zero-order valence-electron chi connectivity index (χ0n) is 14.3. The van der Waals surface area contributed by atoms with E-state index in [1.165, 1.54) is 24.0 Å². The Bertz CT molecular complexity index is 428. The summed E-state index contributed by atoms with van der Waals surface area (Å²) in [6, 6.07) is 20.8. The van der Waals surface area contributed by atoms with Crippen LogP contribution in [0.15, 0.2) is 60.7 Å². The predicted octanol–water partition coefficient (Wildman–Crippen LogP) is 5.51. The van der Waals surface area contributed by atoms with Gasteiger partial charge in [0.15, 0.2) is 0 Å². The molecule has 23 heavy (non-hydrogen) atoms. The van der Waals surface area contributed by atoms with Gasteiger partial charge in [0, 0.05) is 13.2 Å². The van der Waals surface area contributed by atoms with Gasteiger partial charge in [0.1, 0.15) is 0 Å². The van der Waals surface area contributed by atoms with Gasteiger partial charge in [-0.3, -0.25) is 0 Å². The highest BCUT2D eigenvalue weighted by atomic mass is 28.3. The fourth-order valence-corrected chi connectivity index (χ4v) is 2.36. The lowest BCUT2D eigenvalue weighted by Gasteiger charge is -2.01. The molecule has 0 heterocycles. The van der Waals surface area contributed by atoms with Crippen molar-refractivity contribution in [3.8, 4) is 11.1 Å². The molecule has 0 N–H and O–H groups in total. The second kappa shape index (κ2) is 14.2. The van der Waals surface area contributed by atoms with Gasteiger partial charge in [0.05, 0.1) is 0 Å². The van der Waals surface area contributed by atoms with E-state index < -0.39 is 0 Å². The molecule has 0 aromatic heterocycles. The number of hydrogen-bond donors (Lipinski definition) is 0. The highest BCUT2D eigenvalue weighted by Gasteiger charge is 1.92. The first-order chi connectivity index (χ1) is 11.4. The maximum Gasteiger partial charge on any atom is 0.433 e. The second-order valence-electron chi connectivity index (χ2n) is 5.22. The van der Waals surface area contributed by atoms with Crippen LogP contribution in [0.25, 0.3) is 11.1 Å². The van der Waals surface area contributed by atoms with E-state index in [0.717, 1.165) is 26.1 Å². The summed E-state index contributed by atoms with van der Waals surface area (Å²) in [7, 11) is 0.252. The largest absolute Gasteiger partial charge is 0.433 e. The molecule has 3 heteroatoms. The Hall–Kier alpha value is -1.42. The molecule has 0 fully saturated rings. The van der Waals surface area contributed by atoms with Crippen molar-refractivity contribution in [1.29, 1.82) is 0 Å². The summed E-state index contributed by atoms with van der Waals surface area (Å²) < 4.78 is 10.5. The summed E-state index contributed by atoms with van der Waals surface area (Å²) in [6.45, 7) is 6.01. The van der Waals surface area contributed by atoms with E-state index in [9.17, 15) is 0 Å². The van der Waals surface area contributed by atoms with Gasteiger partial charge in [-0.1, -0.05) is 87.4 Å². The van der Waals surface area contributed by atoms with E-state index in [4.69, 9.17) is 8.85 Å². The van der Waals surface area contributed by atoms with E-state index in [-0.39, 0.29) is 10.0 Å². The Kier molecular flexibility index (Phi) is 12.1. The fraction of sp³-hybridized carbons (Fsp3) is 0.400. The monoisotopic (exact) mass is 328 g/mol. The van der Waals surface area contributed by atoms with Crippen LogP contribution < -0.4 is 0 Å². The van der Waals surface area contributed by atoms with Crippen LogP contribution in [-0.4, -0.2) is 23.2 Å². The van der Waals surface area contributed by atoms with Gasteiger partial charge in [-0.05, 0) is 24.0 Å². The summed E-state index contributed by atoms with van der Waals surface area (Å²) >= 11 is 0. The third kappa shape index (κ3) is 10.1. The molecule has 124 valence electrons. The van der Waals surface area contributed by atoms with Crippen LogP contribution in [0.1, 0.15) is 39.5 Å². The lowest BCUT2D eigenvalue weighted by atomic mass is 10.1. The number of unbranched alkanes of at least 4 members (excludes halogenated alkanes) is 2. The van der Waals surface area contributed by atoms with Gasteiger partial charge in [-0.2, -0.15) is 0 Å². The molecule has 2 nitrogen and oxygen atoms in total. The summed E-state index contributed by atoms with van der Waals surface area (Å²) in [5.41, 5.74) is 2.55. The minimum atomic E-state index is 0.252. The molecule has 0 aliphatic rings. The van der Waals surface area contributed by atoms with Gasteiger partial charge in [-0.25, -0.2) is 0 Å².